The summed E-state index contributed by atoms with van der Waals surface area (Å²) in [7, 11) is -3.97. The quantitative estimate of drug-likeness (QED) is 0.219. The number of hydrogen-bond donors (Lipinski definition) is 0. The van der Waals surface area contributed by atoms with Gasteiger partial charge in [0.1, 0.15) is 5.75 Å². The lowest BCUT2D eigenvalue weighted by molar-refractivity contribution is 0.0734. The van der Waals surface area contributed by atoms with Gasteiger partial charge >= 0.3 is 5.97 Å². The summed E-state index contributed by atoms with van der Waals surface area (Å²) in [4.78, 5) is 37.7. The maximum atomic E-state index is 13.1. The molecule has 0 bridgehead atoms. The maximum absolute atomic E-state index is 13.1. The molecule has 1 heterocycles. The molecule has 0 aromatic heterocycles. The molecule has 0 N–H and O–H groups in total. The molecule has 7 heteroatoms. The second-order valence-corrected chi connectivity index (χ2v) is 9.54. The van der Waals surface area contributed by atoms with Crippen molar-refractivity contribution in [1.82, 2.24) is 0 Å². The zero-order chi connectivity index (χ0) is 23.9. The second kappa shape index (κ2) is 8.20. The number of carbonyl (C=O) groups is 3. The summed E-state index contributed by atoms with van der Waals surface area (Å²) in [6.45, 7) is 0. The fourth-order valence-electron chi connectivity index (χ4n) is 3.81. The number of carbonyl (C=O) groups excluding carboxylic acids is 3. The van der Waals surface area contributed by atoms with E-state index in [2.05, 4.69) is 0 Å². The normalized spacial score (nSPS) is 13.5. The monoisotopic (exact) mass is 468 g/mol. The van der Waals surface area contributed by atoms with Crippen LogP contribution in [0.25, 0.3) is 0 Å². The Morgan fingerprint density at radius 3 is 1.94 bits per heavy atom. The van der Waals surface area contributed by atoms with Gasteiger partial charge < -0.3 is 4.74 Å². The molecule has 0 amide bonds. The minimum atomic E-state index is -3.97. The SMILES string of the molecule is O=C(Oc1ccc(C(=O)c2ccccc2)cc1)c1ccc2c(c1)S(=O)(=O)c1ccccc1C2=O. The molecule has 0 saturated heterocycles. The van der Waals surface area contributed by atoms with Crippen molar-refractivity contribution in [3.8, 4) is 5.75 Å². The number of rotatable bonds is 4. The van der Waals surface area contributed by atoms with Gasteiger partial charge in [-0.15, -0.1) is 0 Å². The molecule has 0 radical (unpaired) electrons. The Morgan fingerprint density at radius 2 is 1.21 bits per heavy atom. The molecular formula is C27H16O6S. The molecule has 0 saturated carbocycles. The highest BCUT2D eigenvalue weighted by Crippen LogP contribution is 2.35. The molecule has 5 rings (SSSR count). The molecule has 34 heavy (non-hydrogen) atoms. The van der Waals surface area contributed by atoms with E-state index >= 15 is 0 Å². The largest absolute Gasteiger partial charge is 0.423 e. The molecular weight excluding hydrogens is 452 g/mol. The highest BCUT2D eigenvalue weighted by molar-refractivity contribution is 7.91. The molecule has 166 valence electrons. The highest BCUT2D eigenvalue weighted by Gasteiger charge is 2.35. The molecule has 0 spiro atoms. The van der Waals surface area contributed by atoms with Crippen molar-refractivity contribution in [1.29, 1.82) is 0 Å². The molecule has 0 fully saturated rings. The van der Waals surface area contributed by atoms with Crippen LogP contribution in [-0.4, -0.2) is 26.0 Å². The minimum Gasteiger partial charge on any atom is -0.423 e. The van der Waals surface area contributed by atoms with E-state index in [0.717, 1.165) is 6.07 Å². The summed E-state index contributed by atoms with van der Waals surface area (Å²) in [5.74, 6) is -1.18. The third-order valence-electron chi connectivity index (χ3n) is 5.54. The van der Waals surface area contributed by atoms with E-state index in [1.54, 1.807) is 48.5 Å². The van der Waals surface area contributed by atoms with Crippen molar-refractivity contribution in [2.75, 3.05) is 0 Å². The number of esters is 1. The number of fused-ring (bicyclic) bond motifs is 2. The highest BCUT2D eigenvalue weighted by atomic mass is 32.2. The van der Waals surface area contributed by atoms with Gasteiger partial charge in [0.25, 0.3) is 0 Å². The zero-order valence-electron chi connectivity index (χ0n) is 17.6. The molecule has 0 aliphatic carbocycles. The predicted molar refractivity (Wildman–Crippen MR) is 123 cm³/mol. The average Bonchev–Trinajstić information content (AvgIpc) is 2.88. The number of benzene rings is 4. The Balaban J connectivity index is 1.40. The van der Waals surface area contributed by atoms with Gasteiger partial charge in [-0.2, -0.15) is 0 Å². The Hall–Kier alpha value is -4.36. The van der Waals surface area contributed by atoms with Crippen LogP contribution in [0.4, 0.5) is 0 Å². The van der Waals surface area contributed by atoms with Crippen LogP contribution in [0.3, 0.4) is 0 Å². The Morgan fingerprint density at radius 1 is 0.618 bits per heavy atom. The minimum absolute atomic E-state index is 0.0130. The topological polar surface area (TPSA) is 94.6 Å². The molecule has 0 unspecified atom stereocenters. The summed E-state index contributed by atoms with van der Waals surface area (Å²) >= 11 is 0. The third-order valence-corrected chi connectivity index (χ3v) is 7.39. The smallest absolute Gasteiger partial charge is 0.343 e. The second-order valence-electron chi connectivity index (χ2n) is 7.65. The summed E-state index contributed by atoms with van der Waals surface area (Å²) in [6, 6.07) is 24.7. The van der Waals surface area contributed by atoms with Crippen LogP contribution in [0.5, 0.6) is 5.75 Å². The van der Waals surface area contributed by atoms with Crippen molar-refractivity contribution >= 4 is 27.4 Å². The van der Waals surface area contributed by atoms with Crippen molar-refractivity contribution in [3.05, 3.63) is 125 Å². The van der Waals surface area contributed by atoms with Crippen LogP contribution < -0.4 is 4.74 Å². The first-order valence-electron chi connectivity index (χ1n) is 10.3. The van der Waals surface area contributed by atoms with Gasteiger partial charge in [0.2, 0.25) is 9.84 Å². The first kappa shape index (κ1) is 21.5. The van der Waals surface area contributed by atoms with E-state index < -0.39 is 21.6 Å². The van der Waals surface area contributed by atoms with E-state index in [1.165, 1.54) is 36.4 Å². The van der Waals surface area contributed by atoms with Gasteiger partial charge in [0, 0.05) is 22.3 Å². The van der Waals surface area contributed by atoms with Crippen LogP contribution in [0.2, 0.25) is 0 Å². The van der Waals surface area contributed by atoms with E-state index in [0.29, 0.717) is 11.1 Å². The van der Waals surface area contributed by atoms with E-state index in [9.17, 15) is 22.8 Å². The van der Waals surface area contributed by atoms with Gasteiger partial charge in [-0.3, -0.25) is 9.59 Å². The Labute approximate surface area is 195 Å². The van der Waals surface area contributed by atoms with Crippen LogP contribution in [0.15, 0.2) is 107 Å². The molecule has 1 aliphatic heterocycles. The fraction of sp³-hybridized carbons (Fsp3) is 0. The third kappa shape index (κ3) is 3.62. The number of ether oxygens (including phenoxy) is 1. The lowest BCUT2D eigenvalue weighted by Gasteiger charge is -2.19. The maximum Gasteiger partial charge on any atom is 0.343 e. The zero-order valence-corrected chi connectivity index (χ0v) is 18.4. The number of ketones is 2. The molecule has 1 aliphatic rings. The number of sulfone groups is 1. The van der Waals surface area contributed by atoms with Crippen molar-refractivity contribution in [3.63, 3.8) is 0 Å². The first-order valence-corrected chi connectivity index (χ1v) is 11.8. The van der Waals surface area contributed by atoms with Gasteiger partial charge in [-0.1, -0.05) is 42.5 Å². The molecule has 6 nitrogen and oxygen atoms in total. The lowest BCUT2D eigenvalue weighted by atomic mass is 10.0. The van der Waals surface area contributed by atoms with E-state index in [1.807, 2.05) is 6.07 Å². The van der Waals surface area contributed by atoms with Crippen LogP contribution in [0, 0.1) is 0 Å². The molecule has 4 aromatic rings. The Kier molecular flexibility index (Phi) is 5.18. The van der Waals surface area contributed by atoms with E-state index in [-0.39, 0.29) is 38.0 Å². The van der Waals surface area contributed by atoms with Gasteiger partial charge in [0.05, 0.1) is 15.4 Å². The van der Waals surface area contributed by atoms with Crippen LogP contribution in [-0.2, 0) is 9.84 Å². The van der Waals surface area contributed by atoms with Gasteiger partial charge in [0.15, 0.2) is 11.6 Å². The Bertz CT molecular complexity index is 1570. The van der Waals surface area contributed by atoms with Crippen molar-refractivity contribution < 1.29 is 27.5 Å². The molecule has 0 atom stereocenters. The van der Waals surface area contributed by atoms with Crippen molar-refractivity contribution in [2.24, 2.45) is 0 Å². The average molecular weight is 468 g/mol. The molecule has 4 aromatic carbocycles. The van der Waals surface area contributed by atoms with E-state index in [4.69, 9.17) is 4.74 Å². The van der Waals surface area contributed by atoms with Crippen molar-refractivity contribution in [2.45, 2.75) is 9.79 Å². The summed E-state index contributed by atoms with van der Waals surface area (Å²) < 4.78 is 31.5. The van der Waals surface area contributed by atoms with Crippen LogP contribution >= 0.6 is 0 Å². The standard InChI is InChI=1S/C27H16O6S/c28-25(17-6-2-1-3-7-17)18-10-13-20(14-11-18)33-27(30)19-12-15-22-24(16-19)34(31,32)23-9-5-4-8-21(23)26(22)29/h1-16H. The fourth-order valence-corrected chi connectivity index (χ4v) is 5.49. The predicted octanol–water partition coefficient (Wildman–Crippen LogP) is 4.51. The summed E-state index contributed by atoms with van der Waals surface area (Å²) in [5.41, 5.74) is 1.08. The first-order chi connectivity index (χ1) is 16.4. The number of hydrogen-bond acceptors (Lipinski definition) is 6. The van der Waals surface area contributed by atoms with Gasteiger partial charge in [-0.25, -0.2) is 13.2 Å². The van der Waals surface area contributed by atoms with Gasteiger partial charge in [-0.05, 0) is 54.6 Å². The summed E-state index contributed by atoms with van der Waals surface area (Å²) in [5, 5.41) is 0. The lowest BCUT2D eigenvalue weighted by Crippen LogP contribution is -2.21. The van der Waals surface area contributed by atoms with Crippen LogP contribution in [0.1, 0.15) is 42.2 Å². The summed E-state index contributed by atoms with van der Waals surface area (Å²) in [6.07, 6.45) is 0.